The topological polar surface area (TPSA) is 43.8 Å². The number of benzene rings is 1. The average molecular weight is 229 g/mol. The molecule has 1 unspecified atom stereocenters. The summed E-state index contributed by atoms with van der Waals surface area (Å²) in [6.07, 6.45) is 4.77. The second-order valence-corrected chi connectivity index (χ2v) is 4.66. The Hall–Kier alpha value is -1.61. The van der Waals surface area contributed by atoms with Gasteiger partial charge in [0.1, 0.15) is 0 Å². The van der Waals surface area contributed by atoms with Gasteiger partial charge in [-0.3, -0.25) is 4.68 Å². The summed E-state index contributed by atoms with van der Waals surface area (Å²) in [4.78, 5) is 0. The SMILES string of the molecule is CCn1cc(CC(C)(N)c2ccccc2)cn1. The van der Waals surface area contributed by atoms with E-state index >= 15 is 0 Å². The Labute approximate surface area is 102 Å². The van der Waals surface area contributed by atoms with Crippen molar-refractivity contribution in [1.82, 2.24) is 9.78 Å². The fourth-order valence-electron chi connectivity index (χ4n) is 2.02. The molecule has 1 heterocycles. The van der Waals surface area contributed by atoms with Gasteiger partial charge in [0.25, 0.3) is 0 Å². The molecule has 1 atom stereocenters. The van der Waals surface area contributed by atoms with E-state index in [9.17, 15) is 0 Å². The van der Waals surface area contributed by atoms with Gasteiger partial charge in [-0.25, -0.2) is 0 Å². The molecule has 2 aromatic rings. The van der Waals surface area contributed by atoms with Crippen LogP contribution in [-0.2, 0) is 18.5 Å². The van der Waals surface area contributed by atoms with Crippen LogP contribution in [0.25, 0.3) is 0 Å². The highest BCUT2D eigenvalue weighted by atomic mass is 15.3. The van der Waals surface area contributed by atoms with E-state index in [4.69, 9.17) is 5.73 Å². The first kappa shape index (κ1) is 11.9. The first-order valence-corrected chi connectivity index (χ1v) is 5.97. The maximum atomic E-state index is 6.38. The lowest BCUT2D eigenvalue weighted by Gasteiger charge is -2.24. The lowest BCUT2D eigenvalue weighted by Crippen LogP contribution is -2.35. The molecule has 17 heavy (non-hydrogen) atoms. The van der Waals surface area contributed by atoms with Gasteiger partial charge >= 0.3 is 0 Å². The number of hydrogen-bond donors (Lipinski definition) is 1. The molecule has 0 aliphatic rings. The van der Waals surface area contributed by atoms with Crippen LogP contribution in [0.3, 0.4) is 0 Å². The smallest absolute Gasteiger partial charge is 0.0522 e. The van der Waals surface area contributed by atoms with Crippen LogP contribution in [0.1, 0.15) is 25.0 Å². The number of nitrogens with two attached hydrogens (primary N) is 1. The minimum absolute atomic E-state index is 0.344. The number of hydrogen-bond acceptors (Lipinski definition) is 2. The van der Waals surface area contributed by atoms with Crippen LogP contribution >= 0.6 is 0 Å². The minimum Gasteiger partial charge on any atom is -0.321 e. The summed E-state index contributed by atoms with van der Waals surface area (Å²) in [6, 6.07) is 10.2. The molecule has 1 aromatic heterocycles. The van der Waals surface area contributed by atoms with Gasteiger partial charge < -0.3 is 5.73 Å². The Morgan fingerprint density at radius 3 is 2.59 bits per heavy atom. The van der Waals surface area contributed by atoms with Gasteiger partial charge in [0.15, 0.2) is 0 Å². The van der Waals surface area contributed by atoms with Crippen molar-refractivity contribution in [3.63, 3.8) is 0 Å². The molecule has 0 spiro atoms. The van der Waals surface area contributed by atoms with E-state index < -0.39 is 0 Å². The van der Waals surface area contributed by atoms with Gasteiger partial charge in [-0.2, -0.15) is 5.10 Å². The molecule has 0 saturated carbocycles. The Kier molecular flexibility index (Phi) is 3.29. The van der Waals surface area contributed by atoms with Gasteiger partial charge in [-0.15, -0.1) is 0 Å². The summed E-state index contributed by atoms with van der Waals surface area (Å²) < 4.78 is 1.93. The molecule has 0 saturated heterocycles. The third-order valence-corrected chi connectivity index (χ3v) is 3.02. The molecule has 2 N–H and O–H groups in total. The molecule has 3 heteroatoms. The summed E-state index contributed by atoms with van der Waals surface area (Å²) in [5.74, 6) is 0. The van der Waals surface area contributed by atoms with Gasteiger partial charge in [-0.1, -0.05) is 30.3 Å². The van der Waals surface area contributed by atoms with E-state index in [-0.39, 0.29) is 5.54 Å². The lowest BCUT2D eigenvalue weighted by molar-refractivity contribution is 0.491. The van der Waals surface area contributed by atoms with E-state index in [2.05, 4.69) is 37.3 Å². The van der Waals surface area contributed by atoms with Crippen molar-refractivity contribution in [2.45, 2.75) is 32.4 Å². The summed E-state index contributed by atoms with van der Waals surface area (Å²) >= 11 is 0. The Bertz CT molecular complexity index is 471. The number of aryl methyl sites for hydroxylation is 1. The van der Waals surface area contributed by atoms with Crippen molar-refractivity contribution in [3.8, 4) is 0 Å². The van der Waals surface area contributed by atoms with Gasteiger partial charge in [0, 0.05) is 18.3 Å². The molecule has 3 nitrogen and oxygen atoms in total. The van der Waals surface area contributed by atoms with E-state index in [0.717, 1.165) is 18.5 Å². The summed E-state index contributed by atoms with van der Waals surface area (Å²) in [7, 11) is 0. The molecule has 0 aliphatic heterocycles. The first-order chi connectivity index (χ1) is 8.12. The van der Waals surface area contributed by atoms with E-state index in [0.29, 0.717) is 0 Å². The van der Waals surface area contributed by atoms with Crippen LogP contribution in [0.15, 0.2) is 42.7 Å². The third-order valence-electron chi connectivity index (χ3n) is 3.02. The second-order valence-electron chi connectivity index (χ2n) is 4.66. The fraction of sp³-hybridized carbons (Fsp3) is 0.357. The predicted molar refractivity (Wildman–Crippen MR) is 69.6 cm³/mol. The molecule has 0 bridgehead atoms. The Balaban J connectivity index is 2.17. The standard InChI is InChI=1S/C14H19N3/c1-3-17-11-12(10-16-17)9-14(2,15)13-7-5-4-6-8-13/h4-8,10-11H,3,9,15H2,1-2H3. The molecule has 0 aliphatic carbocycles. The molecule has 0 radical (unpaired) electrons. The zero-order valence-corrected chi connectivity index (χ0v) is 10.4. The van der Waals surface area contributed by atoms with Crippen molar-refractivity contribution >= 4 is 0 Å². The molecular formula is C14H19N3. The van der Waals surface area contributed by atoms with E-state index in [1.165, 1.54) is 5.56 Å². The first-order valence-electron chi connectivity index (χ1n) is 5.97. The maximum Gasteiger partial charge on any atom is 0.0522 e. The highest BCUT2D eigenvalue weighted by Gasteiger charge is 2.21. The van der Waals surface area contributed by atoms with Gasteiger partial charge in [-0.05, 0) is 31.4 Å². The van der Waals surface area contributed by atoms with E-state index in [1.54, 1.807) is 0 Å². The van der Waals surface area contributed by atoms with Gasteiger partial charge in [0.2, 0.25) is 0 Å². The maximum absolute atomic E-state index is 6.38. The van der Waals surface area contributed by atoms with Crippen molar-refractivity contribution < 1.29 is 0 Å². The van der Waals surface area contributed by atoms with Crippen LogP contribution in [0.5, 0.6) is 0 Å². The van der Waals surface area contributed by atoms with Crippen LogP contribution in [0, 0.1) is 0 Å². The van der Waals surface area contributed by atoms with Crippen molar-refractivity contribution in [2.75, 3.05) is 0 Å². The number of rotatable bonds is 4. The fourth-order valence-corrected chi connectivity index (χ4v) is 2.02. The Morgan fingerprint density at radius 2 is 2.00 bits per heavy atom. The Morgan fingerprint density at radius 1 is 1.29 bits per heavy atom. The minimum atomic E-state index is -0.344. The van der Waals surface area contributed by atoms with Gasteiger partial charge in [0.05, 0.1) is 6.20 Å². The third kappa shape index (κ3) is 2.74. The summed E-state index contributed by atoms with van der Waals surface area (Å²) in [5, 5.41) is 4.27. The van der Waals surface area contributed by atoms with E-state index in [1.807, 2.05) is 29.1 Å². The molecule has 1 aromatic carbocycles. The molecule has 0 fully saturated rings. The molecular weight excluding hydrogens is 210 g/mol. The monoisotopic (exact) mass is 229 g/mol. The lowest BCUT2D eigenvalue weighted by atomic mass is 9.88. The van der Waals surface area contributed by atoms with Crippen LogP contribution < -0.4 is 5.73 Å². The second kappa shape index (κ2) is 4.72. The molecule has 90 valence electrons. The van der Waals surface area contributed by atoms with Crippen LogP contribution in [-0.4, -0.2) is 9.78 Å². The van der Waals surface area contributed by atoms with Crippen LogP contribution in [0.4, 0.5) is 0 Å². The molecule has 2 rings (SSSR count). The largest absolute Gasteiger partial charge is 0.321 e. The normalized spacial score (nSPS) is 14.5. The quantitative estimate of drug-likeness (QED) is 0.874. The summed E-state index contributed by atoms with van der Waals surface area (Å²) in [6.45, 7) is 5.04. The number of aromatic nitrogens is 2. The van der Waals surface area contributed by atoms with Crippen LogP contribution in [0.2, 0.25) is 0 Å². The average Bonchev–Trinajstić information content (AvgIpc) is 2.77. The van der Waals surface area contributed by atoms with Crippen molar-refractivity contribution in [1.29, 1.82) is 0 Å². The highest BCUT2D eigenvalue weighted by Crippen LogP contribution is 2.22. The zero-order valence-electron chi connectivity index (χ0n) is 10.4. The predicted octanol–water partition coefficient (Wildman–Crippen LogP) is 2.32. The molecule has 0 amide bonds. The van der Waals surface area contributed by atoms with Crippen molar-refractivity contribution in [2.24, 2.45) is 5.73 Å². The summed E-state index contributed by atoms with van der Waals surface area (Å²) in [5.41, 5.74) is 8.38. The van der Waals surface area contributed by atoms with Crippen molar-refractivity contribution in [3.05, 3.63) is 53.9 Å². The highest BCUT2D eigenvalue weighted by molar-refractivity contribution is 5.25. The number of nitrogens with zero attached hydrogens (tertiary/aromatic N) is 2. The zero-order chi connectivity index (χ0) is 12.3.